The second kappa shape index (κ2) is 14.4. The van der Waals surface area contributed by atoms with Crippen LogP contribution in [0.2, 0.25) is 5.02 Å². The number of esters is 1. The van der Waals surface area contributed by atoms with Gasteiger partial charge in [0.05, 0.1) is 28.9 Å². The summed E-state index contributed by atoms with van der Waals surface area (Å²) in [6.07, 6.45) is 1.44. The number of anilines is 1. The average Bonchev–Trinajstić information content (AvgIpc) is 2.99. The molecule has 0 aliphatic carbocycles. The van der Waals surface area contributed by atoms with Gasteiger partial charge in [0.15, 0.2) is 6.61 Å². The zero-order chi connectivity index (χ0) is 32.6. The largest absolute Gasteiger partial charge is 0.482 e. The lowest BCUT2D eigenvalue weighted by atomic mass is 10.1. The number of sulfonamides is 1. The van der Waals surface area contributed by atoms with E-state index >= 15 is 0 Å². The van der Waals surface area contributed by atoms with Crippen LogP contribution in [0.1, 0.15) is 47.8 Å². The van der Waals surface area contributed by atoms with E-state index < -0.39 is 27.5 Å². The summed E-state index contributed by atoms with van der Waals surface area (Å²) >= 11 is 6.06. The summed E-state index contributed by atoms with van der Waals surface area (Å²) in [5.74, 6) is -0.611. The van der Waals surface area contributed by atoms with E-state index in [0.29, 0.717) is 21.9 Å². The molecule has 0 fully saturated rings. The smallest absolute Gasteiger partial charge is 0.344 e. The summed E-state index contributed by atoms with van der Waals surface area (Å²) in [7, 11) is -4.08. The Kier molecular flexibility index (Phi) is 10.6. The van der Waals surface area contributed by atoms with Crippen molar-refractivity contribution in [3.05, 3.63) is 124 Å². The predicted molar refractivity (Wildman–Crippen MR) is 175 cm³/mol. The molecule has 0 saturated carbocycles. The van der Waals surface area contributed by atoms with Gasteiger partial charge in [-0.05, 0) is 99.5 Å². The number of nitrogens with one attached hydrogen (secondary N) is 1. The minimum atomic E-state index is -4.08. The van der Waals surface area contributed by atoms with Gasteiger partial charge in [-0.3, -0.25) is 9.10 Å². The number of carbonyl (C=O) groups is 2. The number of aryl methyl sites for hydroxylation is 1. The Labute approximate surface area is 268 Å². The number of rotatable bonds is 11. The summed E-state index contributed by atoms with van der Waals surface area (Å²) in [5, 5.41) is 4.58. The number of hydrogen-bond acceptors (Lipinski definition) is 7. The molecule has 9 nitrogen and oxygen atoms in total. The minimum absolute atomic E-state index is 0.0384. The van der Waals surface area contributed by atoms with Gasteiger partial charge in [0.2, 0.25) is 0 Å². The lowest BCUT2D eigenvalue weighted by Crippen LogP contribution is -2.33. The van der Waals surface area contributed by atoms with Crippen LogP contribution in [0.4, 0.5) is 5.69 Å². The van der Waals surface area contributed by atoms with E-state index in [4.69, 9.17) is 21.1 Å². The van der Waals surface area contributed by atoms with Gasteiger partial charge in [-0.25, -0.2) is 18.6 Å². The molecule has 11 heteroatoms. The van der Waals surface area contributed by atoms with Gasteiger partial charge in [-0.2, -0.15) is 5.10 Å². The van der Waals surface area contributed by atoms with Crippen LogP contribution in [0.5, 0.6) is 5.75 Å². The number of hydrazone groups is 1. The number of benzene rings is 4. The first-order valence-corrected chi connectivity index (χ1v) is 15.8. The van der Waals surface area contributed by atoms with Crippen molar-refractivity contribution in [1.29, 1.82) is 0 Å². The number of amides is 1. The van der Waals surface area contributed by atoms with Crippen LogP contribution >= 0.6 is 11.6 Å². The zero-order valence-electron chi connectivity index (χ0n) is 25.4. The third-order valence-corrected chi connectivity index (χ3v) is 8.33. The highest BCUT2D eigenvalue weighted by Gasteiger charge is 2.28. The minimum Gasteiger partial charge on any atom is -0.482 e. The van der Waals surface area contributed by atoms with Crippen LogP contribution in [0.3, 0.4) is 0 Å². The van der Waals surface area contributed by atoms with Crippen molar-refractivity contribution >= 4 is 45.4 Å². The van der Waals surface area contributed by atoms with Crippen molar-refractivity contribution in [2.75, 3.05) is 10.9 Å². The lowest BCUT2D eigenvalue weighted by Gasteiger charge is -2.26. The average molecular weight is 648 g/mol. The zero-order valence-corrected chi connectivity index (χ0v) is 26.9. The normalized spacial score (nSPS) is 11.7. The molecule has 234 valence electrons. The molecule has 1 N–H and O–H groups in total. The van der Waals surface area contributed by atoms with Gasteiger partial charge < -0.3 is 9.47 Å². The number of ether oxygens (including phenoxy) is 2. The molecular weight excluding hydrogens is 614 g/mol. The number of carbonyl (C=O) groups excluding carboxylic acids is 2. The van der Waals surface area contributed by atoms with E-state index in [1.807, 2.05) is 6.92 Å². The van der Waals surface area contributed by atoms with E-state index in [2.05, 4.69) is 10.5 Å². The molecule has 0 aromatic heterocycles. The van der Waals surface area contributed by atoms with Gasteiger partial charge >= 0.3 is 5.97 Å². The summed E-state index contributed by atoms with van der Waals surface area (Å²) in [6, 6.07) is 26.5. The summed E-state index contributed by atoms with van der Waals surface area (Å²) in [6.45, 7) is 6.94. The topological polar surface area (TPSA) is 114 Å². The first kappa shape index (κ1) is 33.2. The molecule has 0 aliphatic rings. The third-order valence-electron chi connectivity index (χ3n) is 6.30. The number of para-hydroxylation sites is 1. The van der Waals surface area contributed by atoms with Gasteiger partial charge in [-0.1, -0.05) is 53.6 Å². The van der Waals surface area contributed by atoms with Crippen LogP contribution in [0.25, 0.3) is 0 Å². The van der Waals surface area contributed by atoms with Crippen molar-refractivity contribution in [2.45, 2.75) is 44.7 Å². The number of hydrogen-bond donors (Lipinski definition) is 1. The van der Waals surface area contributed by atoms with E-state index in [9.17, 15) is 18.0 Å². The maximum atomic E-state index is 14.0. The second-order valence-electron chi connectivity index (χ2n) is 11.1. The highest BCUT2D eigenvalue weighted by Crippen LogP contribution is 2.30. The molecule has 0 heterocycles. The van der Waals surface area contributed by atoms with E-state index in [1.165, 1.54) is 16.6 Å². The fraction of sp³-hybridized carbons (Fsp3) is 0.206. The SMILES string of the molecule is Cc1ccc(S(=O)(=O)N(Cc2ccc(Cl)cc2)c2ccccc2C(=O)N/N=C\c2ccc(OCC(=O)OC(C)(C)C)cc2)cc1. The lowest BCUT2D eigenvalue weighted by molar-refractivity contribution is -0.157. The van der Waals surface area contributed by atoms with Crippen LogP contribution in [-0.4, -0.2) is 38.7 Å². The second-order valence-corrected chi connectivity index (χ2v) is 13.4. The quantitative estimate of drug-likeness (QED) is 0.113. The van der Waals surface area contributed by atoms with Gasteiger partial charge in [0.25, 0.3) is 15.9 Å². The van der Waals surface area contributed by atoms with Crippen LogP contribution in [-0.2, 0) is 26.1 Å². The Bertz CT molecular complexity index is 1770. The Morgan fingerprint density at radius 1 is 0.911 bits per heavy atom. The molecule has 0 atom stereocenters. The van der Waals surface area contributed by atoms with Gasteiger partial charge in [-0.15, -0.1) is 0 Å². The maximum absolute atomic E-state index is 14.0. The Morgan fingerprint density at radius 2 is 1.56 bits per heavy atom. The summed E-state index contributed by atoms with van der Waals surface area (Å²) in [4.78, 5) is 25.3. The van der Waals surface area contributed by atoms with Gasteiger partial charge in [0.1, 0.15) is 11.4 Å². The predicted octanol–water partition coefficient (Wildman–Crippen LogP) is 6.53. The first-order chi connectivity index (χ1) is 21.3. The fourth-order valence-electron chi connectivity index (χ4n) is 4.16. The maximum Gasteiger partial charge on any atom is 0.344 e. The highest BCUT2D eigenvalue weighted by molar-refractivity contribution is 7.92. The molecule has 0 unspecified atom stereocenters. The van der Waals surface area contributed by atoms with Crippen LogP contribution in [0, 0.1) is 6.92 Å². The van der Waals surface area contributed by atoms with Crippen molar-refractivity contribution in [3.63, 3.8) is 0 Å². The summed E-state index contributed by atoms with van der Waals surface area (Å²) < 4.78 is 39.8. The van der Waals surface area contributed by atoms with Crippen molar-refractivity contribution in [3.8, 4) is 5.75 Å². The van der Waals surface area contributed by atoms with E-state index in [-0.39, 0.29) is 29.3 Å². The van der Waals surface area contributed by atoms with Crippen molar-refractivity contribution in [1.82, 2.24) is 5.43 Å². The van der Waals surface area contributed by atoms with E-state index in [0.717, 1.165) is 5.56 Å². The molecule has 0 saturated heterocycles. The Morgan fingerprint density at radius 3 is 2.20 bits per heavy atom. The standard InChI is InChI=1S/C34H34ClN3O6S/c1-24-9-19-29(20-10-24)45(41,42)38(22-26-11-15-27(35)16-12-26)31-8-6-5-7-30(31)33(40)37-36-21-25-13-17-28(18-14-25)43-23-32(39)44-34(2,3)4/h5-21H,22-23H2,1-4H3,(H,37,40)/b36-21-. The van der Waals surface area contributed by atoms with Crippen molar-refractivity contribution < 1.29 is 27.5 Å². The summed E-state index contributed by atoms with van der Waals surface area (Å²) in [5.41, 5.74) is 4.44. The highest BCUT2D eigenvalue weighted by atomic mass is 35.5. The third kappa shape index (κ3) is 9.41. The molecule has 45 heavy (non-hydrogen) atoms. The molecule has 0 aliphatic heterocycles. The molecule has 0 bridgehead atoms. The monoisotopic (exact) mass is 647 g/mol. The number of nitrogens with zero attached hydrogens (tertiary/aromatic N) is 2. The van der Waals surface area contributed by atoms with Crippen LogP contribution < -0.4 is 14.5 Å². The molecular formula is C34H34ClN3O6S. The Balaban J connectivity index is 1.52. The molecule has 4 rings (SSSR count). The molecule has 4 aromatic rings. The molecule has 0 spiro atoms. The number of halogens is 1. The first-order valence-electron chi connectivity index (χ1n) is 14.0. The molecule has 0 radical (unpaired) electrons. The molecule has 1 amide bonds. The fourth-order valence-corrected chi connectivity index (χ4v) is 5.76. The van der Waals surface area contributed by atoms with Crippen molar-refractivity contribution in [2.24, 2.45) is 5.10 Å². The Hall–Kier alpha value is -4.67. The van der Waals surface area contributed by atoms with E-state index in [1.54, 1.807) is 112 Å². The molecule has 4 aromatic carbocycles. The van der Waals surface area contributed by atoms with Gasteiger partial charge in [0, 0.05) is 5.02 Å². The van der Waals surface area contributed by atoms with Crippen LogP contribution in [0.15, 0.2) is 107 Å².